The fraction of sp³-hybridized carbons (Fsp3) is 0.308. The summed E-state index contributed by atoms with van der Waals surface area (Å²) in [6, 6.07) is 17.7. The van der Waals surface area contributed by atoms with E-state index in [1.807, 2.05) is 29.7 Å². The number of ketones is 1. The van der Waals surface area contributed by atoms with Gasteiger partial charge in [-0.25, -0.2) is 4.39 Å². The minimum atomic E-state index is -0.308. The number of hydrogen-bond donors (Lipinski definition) is 1. The number of halogens is 1. The quantitative estimate of drug-likeness (QED) is 0.429. The van der Waals surface area contributed by atoms with E-state index in [4.69, 9.17) is 0 Å². The third-order valence-corrected chi connectivity index (χ3v) is 7.15. The third-order valence-electron chi connectivity index (χ3n) is 6.05. The zero-order valence-electron chi connectivity index (χ0n) is 18.3. The van der Waals surface area contributed by atoms with Crippen molar-refractivity contribution < 1.29 is 14.0 Å². The van der Waals surface area contributed by atoms with E-state index in [-0.39, 0.29) is 29.5 Å². The molecule has 0 unspecified atom stereocenters. The van der Waals surface area contributed by atoms with Gasteiger partial charge in [-0.3, -0.25) is 9.59 Å². The summed E-state index contributed by atoms with van der Waals surface area (Å²) in [7, 11) is 0. The van der Waals surface area contributed by atoms with E-state index in [1.165, 1.54) is 12.1 Å². The maximum atomic E-state index is 13.3. The lowest BCUT2D eigenvalue weighted by atomic mass is 9.90. The van der Waals surface area contributed by atoms with Gasteiger partial charge in [0, 0.05) is 18.7 Å². The van der Waals surface area contributed by atoms with Crippen LogP contribution in [0.4, 0.5) is 4.39 Å². The van der Waals surface area contributed by atoms with Gasteiger partial charge in [0.1, 0.15) is 11.5 Å². The number of benzene rings is 2. The first-order valence-electron chi connectivity index (χ1n) is 11.0. The van der Waals surface area contributed by atoms with Gasteiger partial charge in [-0.2, -0.15) is 0 Å². The van der Waals surface area contributed by atoms with Crippen molar-refractivity contribution in [2.45, 2.75) is 50.2 Å². The number of fused-ring (bicyclic) bond motifs is 1. The SMILES string of the molecule is CC[C@@H](CC(=O)c1cc(C(=O)N[C@H](C)c2ccc(F)cc2)n2c1SCC2)c1ccccc1. The molecule has 0 aliphatic carbocycles. The average Bonchev–Trinajstić information content (AvgIpc) is 3.41. The molecule has 0 bridgehead atoms. The highest BCUT2D eigenvalue weighted by atomic mass is 32.2. The highest BCUT2D eigenvalue weighted by Crippen LogP contribution is 2.35. The second-order valence-corrected chi connectivity index (χ2v) is 9.22. The molecule has 0 saturated carbocycles. The van der Waals surface area contributed by atoms with Crippen LogP contribution in [0.3, 0.4) is 0 Å². The summed E-state index contributed by atoms with van der Waals surface area (Å²) in [5.41, 5.74) is 3.14. The molecule has 0 fully saturated rings. The monoisotopic (exact) mass is 450 g/mol. The predicted molar refractivity (Wildman–Crippen MR) is 126 cm³/mol. The van der Waals surface area contributed by atoms with Gasteiger partial charge in [-0.1, -0.05) is 49.4 Å². The van der Waals surface area contributed by atoms with E-state index in [0.717, 1.165) is 28.3 Å². The number of carbonyl (C=O) groups excluding carboxylic acids is 2. The van der Waals surface area contributed by atoms with E-state index in [1.54, 1.807) is 30.0 Å². The van der Waals surface area contributed by atoms with Gasteiger partial charge < -0.3 is 9.88 Å². The molecule has 1 aliphatic rings. The van der Waals surface area contributed by atoms with Crippen molar-refractivity contribution in [2.24, 2.45) is 0 Å². The van der Waals surface area contributed by atoms with Crippen molar-refractivity contribution in [1.29, 1.82) is 0 Å². The maximum Gasteiger partial charge on any atom is 0.268 e. The Morgan fingerprint density at radius 1 is 1.09 bits per heavy atom. The molecule has 1 amide bonds. The van der Waals surface area contributed by atoms with Crippen molar-refractivity contribution in [3.05, 3.63) is 88.9 Å². The summed E-state index contributed by atoms with van der Waals surface area (Å²) in [4.78, 5) is 26.3. The molecule has 1 aromatic heterocycles. The van der Waals surface area contributed by atoms with E-state index in [2.05, 4.69) is 24.4 Å². The first-order chi connectivity index (χ1) is 15.5. The van der Waals surface area contributed by atoms with Gasteiger partial charge in [0.25, 0.3) is 5.91 Å². The van der Waals surface area contributed by atoms with Crippen LogP contribution in [-0.2, 0) is 6.54 Å². The van der Waals surface area contributed by atoms with Gasteiger partial charge in [-0.05, 0) is 48.6 Å². The second kappa shape index (κ2) is 9.74. The number of carbonyl (C=O) groups is 2. The number of nitrogens with one attached hydrogen (secondary N) is 1. The van der Waals surface area contributed by atoms with E-state index >= 15 is 0 Å². The molecule has 2 atom stereocenters. The van der Waals surface area contributed by atoms with Crippen LogP contribution in [0.1, 0.15) is 70.6 Å². The number of thioether (sulfide) groups is 1. The highest BCUT2D eigenvalue weighted by Gasteiger charge is 2.29. The summed E-state index contributed by atoms with van der Waals surface area (Å²) in [6.45, 7) is 4.67. The van der Waals surface area contributed by atoms with Crippen molar-refractivity contribution in [3.63, 3.8) is 0 Å². The normalized spacial score (nSPS) is 14.6. The minimum absolute atomic E-state index is 0.0736. The first-order valence-corrected chi connectivity index (χ1v) is 12.0. The topological polar surface area (TPSA) is 51.1 Å². The predicted octanol–water partition coefficient (Wildman–Crippen LogP) is 5.99. The zero-order valence-corrected chi connectivity index (χ0v) is 19.1. The molecular weight excluding hydrogens is 423 g/mol. The van der Waals surface area contributed by atoms with Crippen molar-refractivity contribution in [1.82, 2.24) is 9.88 Å². The molecule has 0 radical (unpaired) electrons. The molecule has 1 N–H and O–H groups in total. The van der Waals surface area contributed by atoms with E-state index < -0.39 is 0 Å². The van der Waals surface area contributed by atoms with Crippen LogP contribution in [0.25, 0.3) is 0 Å². The molecule has 2 heterocycles. The van der Waals surface area contributed by atoms with Crippen molar-refractivity contribution in [2.75, 3.05) is 5.75 Å². The maximum absolute atomic E-state index is 13.3. The lowest BCUT2D eigenvalue weighted by Crippen LogP contribution is -2.28. The summed E-state index contributed by atoms with van der Waals surface area (Å²) >= 11 is 1.63. The number of rotatable bonds is 8. The lowest BCUT2D eigenvalue weighted by Gasteiger charge is -2.15. The number of hydrogen-bond acceptors (Lipinski definition) is 3. The van der Waals surface area contributed by atoms with Crippen LogP contribution >= 0.6 is 11.8 Å². The summed E-state index contributed by atoms with van der Waals surface area (Å²) < 4.78 is 15.2. The molecule has 3 aromatic rings. The Hall–Kier alpha value is -2.86. The number of Topliss-reactive ketones (excluding diaryl/α,β-unsaturated/α-hetero) is 1. The van der Waals surface area contributed by atoms with E-state index in [0.29, 0.717) is 24.2 Å². The molecule has 4 rings (SSSR count). The molecule has 6 heteroatoms. The Morgan fingerprint density at radius 2 is 1.81 bits per heavy atom. The molecule has 0 spiro atoms. The Labute approximate surface area is 192 Å². The average molecular weight is 451 g/mol. The fourth-order valence-corrected chi connectivity index (χ4v) is 5.33. The summed E-state index contributed by atoms with van der Waals surface area (Å²) in [5.74, 6) is 0.545. The van der Waals surface area contributed by atoms with Gasteiger partial charge in [0.15, 0.2) is 5.78 Å². The molecule has 4 nitrogen and oxygen atoms in total. The minimum Gasteiger partial charge on any atom is -0.344 e. The molecule has 0 saturated heterocycles. The fourth-order valence-electron chi connectivity index (χ4n) is 4.19. The first kappa shape index (κ1) is 22.3. The van der Waals surface area contributed by atoms with Crippen LogP contribution in [0, 0.1) is 5.82 Å². The summed E-state index contributed by atoms with van der Waals surface area (Å²) in [6.07, 6.45) is 1.30. The Morgan fingerprint density at radius 3 is 2.50 bits per heavy atom. The van der Waals surface area contributed by atoms with Crippen molar-refractivity contribution in [3.8, 4) is 0 Å². The van der Waals surface area contributed by atoms with E-state index in [9.17, 15) is 14.0 Å². The van der Waals surface area contributed by atoms with Crippen molar-refractivity contribution >= 4 is 23.5 Å². The van der Waals surface area contributed by atoms with Crippen LogP contribution in [0.15, 0.2) is 65.7 Å². The molecular formula is C26H27FN2O2S. The number of aromatic nitrogens is 1. The molecule has 2 aromatic carbocycles. The molecule has 32 heavy (non-hydrogen) atoms. The Balaban J connectivity index is 1.53. The Bertz CT molecular complexity index is 1110. The van der Waals surface area contributed by atoms with Gasteiger partial charge in [0.05, 0.1) is 16.6 Å². The van der Waals surface area contributed by atoms with Crippen LogP contribution in [0.2, 0.25) is 0 Å². The Kier molecular flexibility index (Phi) is 6.80. The van der Waals surface area contributed by atoms with Gasteiger partial charge in [-0.15, -0.1) is 11.8 Å². The molecule has 1 aliphatic heterocycles. The van der Waals surface area contributed by atoms with Gasteiger partial charge in [0.2, 0.25) is 0 Å². The summed E-state index contributed by atoms with van der Waals surface area (Å²) in [5, 5.41) is 3.88. The van der Waals surface area contributed by atoms with Crippen LogP contribution < -0.4 is 5.32 Å². The second-order valence-electron chi connectivity index (χ2n) is 8.14. The smallest absolute Gasteiger partial charge is 0.268 e. The molecule has 166 valence electrons. The third kappa shape index (κ3) is 4.65. The van der Waals surface area contributed by atoms with Gasteiger partial charge >= 0.3 is 0 Å². The number of nitrogens with zero attached hydrogens (tertiary/aromatic N) is 1. The highest BCUT2D eigenvalue weighted by molar-refractivity contribution is 7.99. The van der Waals surface area contributed by atoms with Crippen LogP contribution in [-0.4, -0.2) is 22.0 Å². The lowest BCUT2D eigenvalue weighted by molar-refractivity contribution is 0.0929. The largest absolute Gasteiger partial charge is 0.344 e. The standard InChI is InChI=1S/C26H27FN2O2S/c1-3-18(20-7-5-4-6-8-20)15-24(30)22-16-23(29-13-14-32-26(22)29)25(31)28-17(2)19-9-11-21(27)12-10-19/h4-12,16-18H,3,13-15H2,1-2H3,(H,28,31)/t17-,18+/m1/s1. The number of amides is 1. The van der Waals surface area contributed by atoms with Crippen LogP contribution in [0.5, 0.6) is 0 Å². The zero-order chi connectivity index (χ0) is 22.7.